The predicted molar refractivity (Wildman–Crippen MR) is 112 cm³/mol. The van der Waals surface area contributed by atoms with Crippen LogP contribution in [0.15, 0.2) is 0 Å². The number of hydrogen-bond donors (Lipinski definition) is 0. The van der Waals surface area contributed by atoms with Gasteiger partial charge in [0.25, 0.3) is 0 Å². The van der Waals surface area contributed by atoms with Crippen LogP contribution >= 0.6 is 44.7 Å². The zero-order valence-corrected chi connectivity index (χ0v) is 18.6. The van der Waals surface area contributed by atoms with Crippen molar-refractivity contribution in [2.75, 3.05) is 4.43 Å². The lowest BCUT2D eigenvalue weighted by Gasteiger charge is -2.09. The molecule has 0 fully saturated rings. The Morgan fingerprint density at radius 2 is 0.857 bits per heavy atom. The third kappa shape index (κ3) is 21.5. The molecule has 0 bridgehead atoms. The average Bonchev–Trinajstić information content (AvgIpc) is 2.42. The van der Waals surface area contributed by atoms with Crippen molar-refractivity contribution >= 4 is 51.4 Å². The molecule has 21 heavy (non-hydrogen) atoms. The summed E-state index contributed by atoms with van der Waals surface area (Å²) in [4.78, 5) is 0. The SMILES string of the molecule is C[Si](Cl)(Cl)CCCCCCCCCCCCCCCCI. The van der Waals surface area contributed by atoms with Crippen molar-refractivity contribution in [1.29, 1.82) is 0 Å². The average molecular weight is 465 g/mol. The molecule has 0 unspecified atom stereocenters. The second-order valence-electron chi connectivity index (χ2n) is 6.46. The maximum Gasteiger partial charge on any atom is 0.248 e. The van der Waals surface area contributed by atoms with Crippen molar-refractivity contribution in [2.45, 2.75) is 102 Å². The van der Waals surface area contributed by atoms with E-state index in [-0.39, 0.29) is 0 Å². The first-order valence-corrected chi connectivity index (χ1v) is 15.3. The topological polar surface area (TPSA) is 0 Å². The van der Waals surface area contributed by atoms with E-state index in [0.29, 0.717) is 0 Å². The van der Waals surface area contributed by atoms with Crippen molar-refractivity contribution in [3.05, 3.63) is 0 Å². The molecule has 0 saturated carbocycles. The van der Waals surface area contributed by atoms with E-state index in [2.05, 4.69) is 22.6 Å². The summed E-state index contributed by atoms with van der Waals surface area (Å²) >= 11 is 14.7. The minimum Gasteiger partial charge on any atom is -0.146 e. The summed E-state index contributed by atoms with van der Waals surface area (Å²) in [7, 11) is 0. The van der Waals surface area contributed by atoms with E-state index in [1.165, 1.54) is 94.3 Å². The van der Waals surface area contributed by atoms with Gasteiger partial charge in [0.15, 0.2) is 0 Å². The first kappa shape index (κ1) is 22.5. The molecule has 0 amide bonds. The minimum atomic E-state index is -1.82. The summed E-state index contributed by atoms with van der Waals surface area (Å²) in [5.41, 5.74) is 0. The lowest BCUT2D eigenvalue weighted by molar-refractivity contribution is 0.538. The smallest absolute Gasteiger partial charge is 0.146 e. The second kappa shape index (κ2) is 16.4. The third-order valence-corrected chi connectivity index (χ3v) is 7.13. The Labute approximate surface area is 157 Å². The first-order chi connectivity index (χ1) is 10.1. The maximum atomic E-state index is 6.10. The zero-order valence-electron chi connectivity index (χ0n) is 13.9. The molecule has 0 aromatic rings. The van der Waals surface area contributed by atoms with E-state index in [4.69, 9.17) is 22.2 Å². The Balaban J connectivity index is 3.00. The van der Waals surface area contributed by atoms with E-state index < -0.39 is 6.69 Å². The number of rotatable bonds is 16. The standard InChI is InChI=1S/C17H35Cl2ISi/c1-21(18,19)17-15-13-11-9-7-5-3-2-4-6-8-10-12-14-16-20/h2-17H2,1H3. The Bertz CT molecular complexity index is 207. The fourth-order valence-corrected chi connectivity index (χ4v) is 4.86. The van der Waals surface area contributed by atoms with E-state index in [1.54, 1.807) is 0 Å². The van der Waals surface area contributed by atoms with Crippen LogP contribution in [0.4, 0.5) is 0 Å². The fourth-order valence-electron chi connectivity index (χ4n) is 2.65. The Kier molecular flexibility index (Phi) is 17.6. The highest BCUT2D eigenvalue weighted by Crippen LogP contribution is 2.23. The van der Waals surface area contributed by atoms with Crippen LogP contribution in [-0.2, 0) is 0 Å². The highest BCUT2D eigenvalue weighted by Gasteiger charge is 2.19. The summed E-state index contributed by atoms with van der Waals surface area (Å²) in [6.45, 7) is 0.209. The van der Waals surface area contributed by atoms with Gasteiger partial charge in [-0.25, -0.2) is 0 Å². The Morgan fingerprint density at radius 3 is 1.14 bits per heavy atom. The largest absolute Gasteiger partial charge is 0.248 e. The molecule has 0 rings (SSSR count). The van der Waals surface area contributed by atoms with Gasteiger partial charge >= 0.3 is 0 Å². The van der Waals surface area contributed by atoms with Crippen LogP contribution in [0.1, 0.15) is 89.9 Å². The lowest BCUT2D eigenvalue weighted by Crippen LogP contribution is -2.11. The molecule has 0 saturated heterocycles. The van der Waals surface area contributed by atoms with Crippen LogP contribution in [0.5, 0.6) is 0 Å². The number of unbranched alkanes of at least 4 members (excludes halogenated alkanes) is 13. The maximum absolute atomic E-state index is 6.10. The zero-order chi connectivity index (χ0) is 15.8. The monoisotopic (exact) mass is 464 g/mol. The molecule has 0 radical (unpaired) electrons. The van der Waals surface area contributed by atoms with E-state index in [0.717, 1.165) is 6.04 Å². The normalized spacial score (nSPS) is 12.0. The third-order valence-electron chi connectivity index (χ3n) is 4.00. The summed E-state index contributed by atoms with van der Waals surface area (Å²) in [6, 6.07) is 1.06. The van der Waals surface area contributed by atoms with E-state index in [1.807, 2.05) is 6.55 Å². The molecule has 4 heteroatoms. The van der Waals surface area contributed by atoms with Gasteiger partial charge in [0, 0.05) is 0 Å². The van der Waals surface area contributed by atoms with E-state index in [9.17, 15) is 0 Å². The Morgan fingerprint density at radius 1 is 0.571 bits per heavy atom. The minimum absolute atomic E-state index is 1.06. The van der Waals surface area contributed by atoms with E-state index >= 15 is 0 Å². The second-order valence-corrected chi connectivity index (χ2v) is 15.8. The van der Waals surface area contributed by atoms with Crippen LogP contribution in [0.25, 0.3) is 0 Å². The van der Waals surface area contributed by atoms with Gasteiger partial charge in [-0.05, 0) is 23.4 Å². The molecule has 0 nitrogen and oxygen atoms in total. The highest BCUT2D eigenvalue weighted by atomic mass is 127. The van der Waals surface area contributed by atoms with Crippen LogP contribution < -0.4 is 0 Å². The van der Waals surface area contributed by atoms with Crippen LogP contribution in [0, 0.1) is 0 Å². The molecule has 0 aliphatic rings. The van der Waals surface area contributed by atoms with Crippen molar-refractivity contribution in [2.24, 2.45) is 0 Å². The molecule has 0 N–H and O–H groups in total. The van der Waals surface area contributed by atoms with Gasteiger partial charge in [-0.2, -0.15) is 0 Å². The number of halogens is 3. The summed E-state index contributed by atoms with van der Waals surface area (Å²) in [6.07, 6.45) is 19.8. The van der Waals surface area contributed by atoms with Gasteiger partial charge in [0.1, 0.15) is 0 Å². The predicted octanol–water partition coefficient (Wildman–Crippen LogP) is 8.43. The van der Waals surface area contributed by atoms with Gasteiger partial charge in [-0.3, -0.25) is 0 Å². The molecule has 0 aromatic heterocycles. The molecule has 0 heterocycles. The summed E-state index contributed by atoms with van der Waals surface area (Å²) < 4.78 is 1.33. The lowest BCUT2D eigenvalue weighted by atomic mass is 10.0. The first-order valence-electron chi connectivity index (χ1n) is 9.00. The van der Waals surface area contributed by atoms with Gasteiger partial charge in [-0.15, -0.1) is 22.2 Å². The summed E-state index contributed by atoms with van der Waals surface area (Å²) in [5.74, 6) is 0. The molecular formula is C17H35Cl2ISi. The van der Waals surface area contributed by atoms with Crippen molar-refractivity contribution in [3.8, 4) is 0 Å². The quantitative estimate of drug-likeness (QED) is 0.0706. The number of hydrogen-bond acceptors (Lipinski definition) is 0. The molecule has 128 valence electrons. The molecule has 0 aromatic carbocycles. The van der Waals surface area contributed by atoms with Gasteiger partial charge in [-0.1, -0.05) is 106 Å². The van der Waals surface area contributed by atoms with Crippen LogP contribution in [0.3, 0.4) is 0 Å². The molecule has 0 aliphatic carbocycles. The fraction of sp³-hybridized carbons (Fsp3) is 1.00. The van der Waals surface area contributed by atoms with Crippen LogP contribution in [0.2, 0.25) is 12.6 Å². The number of alkyl halides is 1. The molecule has 0 spiro atoms. The molecule has 0 aliphatic heterocycles. The highest BCUT2D eigenvalue weighted by molar-refractivity contribution is 14.1. The van der Waals surface area contributed by atoms with Crippen LogP contribution in [-0.4, -0.2) is 11.1 Å². The van der Waals surface area contributed by atoms with Crippen molar-refractivity contribution < 1.29 is 0 Å². The molecule has 0 atom stereocenters. The van der Waals surface area contributed by atoms with Crippen molar-refractivity contribution in [1.82, 2.24) is 0 Å². The van der Waals surface area contributed by atoms with Gasteiger partial charge < -0.3 is 0 Å². The van der Waals surface area contributed by atoms with Gasteiger partial charge in [0.2, 0.25) is 6.69 Å². The Hall–Kier alpha value is 1.53. The molecular weight excluding hydrogens is 430 g/mol. The summed E-state index contributed by atoms with van der Waals surface area (Å²) in [5, 5.41) is 0. The van der Waals surface area contributed by atoms with Crippen molar-refractivity contribution in [3.63, 3.8) is 0 Å². The van der Waals surface area contributed by atoms with Gasteiger partial charge in [0.05, 0.1) is 0 Å².